The van der Waals surface area contributed by atoms with Crippen molar-refractivity contribution < 1.29 is 0 Å². The Morgan fingerprint density at radius 1 is 1.17 bits per heavy atom. The molecular weight excluding hydrogens is 199 g/mol. The fourth-order valence-electron chi connectivity index (χ4n) is 0.568. The number of hydrogen-bond donors (Lipinski definition) is 2. The van der Waals surface area contributed by atoms with Crippen LogP contribution in [0, 0.1) is 0 Å². The van der Waals surface area contributed by atoms with E-state index in [1.54, 1.807) is 24.5 Å². The van der Waals surface area contributed by atoms with Crippen LogP contribution in [0.25, 0.3) is 0 Å². The van der Waals surface area contributed by atoms with Crippen LogP contribution in [0.1, 0.15) is 0 Å². The lowest BCUT2D eigenvalue weighted by Gasteiger charge is -1.90. The molecule has 0 fully saturated rings. The summed E-state index contributed by atoms with van der Waals surface area (Å²) in [4.78, 5) is 7.59. The summed E-state index contributed by atoms with van der Waals surface area (Å²) in [7, 11) is 0. The highest BCUT2D eigenvalue weighted by Crippen LogP contribution is 2.06. The molecule has 4 N–H and O–H groups in total. The van der Waals surface area contributed by atoms with E-state index in [0.29, 0.717) is 0 Å². The van der Waals surface area contributed by atoms with E-state index in [1.165, 1.54) is 0 Å². The molecule has 0 bridgehead atoms. The van der Waals surface area contributed by atoms with Gasteiger partial charge in [0.05, 0.1) is 5.69 Å². The number of aromatic nitrogens is 1. The Hall–Kier alpha value is -1.00. The van der Waals surface area contributed by atoms with Crippen LogP contribution < -0.4 is 11.5 Å². The summed E-state index contributed by atoms with van der Waals surface area (Å²) in [5, 5.41) is 0. The van der Waals surface area contributed by atoms with E-state index in [0.717, 1.165) is 5.69 Å². The van der Waals surface area contributed by atoms with Crippen LogP contribution in [0.4, 0.5) is 5.69 Å². The van der Waals surface area contributed by atoms with Crippen molar-refractivity contribution in [1.82, 2.24) is 4.98 Å². The van der Waals surface area contributed by atoms with Crippen LogP contribution in [0.2, 0.25) is 0 Å². The summed E-state index contributed by atoms with van der Waals surface area (Å²) >= 11 is 0. The van der Waals surface area contributed by atoms with Gasteiger partial charge in [0, 0.05) is 12.4 Å². The maximum atomic E-state index is 5.13. The number of guanidine groups is 1. The standard InChI is InChI=1S/C6H8N4.2ClH/c7-6(8)10-5-1-3-9-4-2-5;;/h1-4H,(H4,7,8,9,10);2*1H. The van der Waals surface area contributed by atoms with Gasteiger partial charge in [0.1, 0.15) is 0 Å². The first-order valence-corrected chi connectivity index (χ1v) is 2.78. The molecule has 1 aromatic rings. The van der Waals surface area contributed by atoms with Crippen molar-refractivity contribution in [2.24, 2.45) is 16.5 Å². The second-order valence-electron chi connectivity index (χ2n) is 1.74. The molecule has 0 aliphatic carbocycles. The number of rotatable bonds is 1. The van der Waals surface area contributed by atoms with Gasteiger partial charge < -0.3 is 11.5 Å². The number of pyridine rings is 1. The molecule has 0 amide bonds. The lowest BCUT2D eigenvalue weighted by Crippen LogP contribution is -2.21. The fourth-order valence-corrected chi connectivity index (χ4v) is 0.568. The van der Waals surface area contributed by atoms with Crippen LogP contribution in [0.3, 0.4) is 0 Å². The van der Waals surface area contributed by atoms with Crippen molar-refractivity contribution >= 4 is 36.5 Å². The van der Waals surface area contributed by atoms with Gasteiger partial charge in [-0.1, -0.05) is 0 Å². The van der Waals surface area contributed by atoms with E-state index >= 15 is 0 Å². The molecule has 1 rings (SSSR count). The minimum Gasteiger partial charge on any atom is -0.370 e. The summed E-state index contributed by atoms with van der Waals surface area (Å²) in [6, 6.07) is 3.44. The quantitative estimate of drug-likeness (QED) is 0.531. The average molecular weight is 209 g/mol. The van der Waals surface area contributed by atoms with Crippen molar-refractivity contribution in [1.29, 1.82) is 0 Å². The van der Waals surface area contributed by atoms with Gasteiger partial charge >= 0.3 is 0 Å². The second-order valence-corrected chi connectivity index (χ2v) is 1.74. The first kappa shape index (κ1) is 13.6. The number of hydrogen-bond acceptors (Lipinski definition) is 2. The number of nitrogens with zero attached hydrogens (tertiary/aromatic N) is 2. The molecule has 1 heterocycles. The van der Waals surface area contributed by atoms with E-state index in [4.69, 9.17) is 11.5 Å². The largest absolute Gasteiger partial charge is 0.370 e. The third-order valence-electron chi connectivity index (χ3n) is 0.921. The van der Waals surface area contributed by atoms with Crippen LogP contribution in [0.15, 0.2) is 29.5 Å². The van der Waals surface area contributed by atoms with Crippen molar-refractivity contribution in [3.63, 3.8) is 0 Å². The molecule has 0 radical (unpaired) electrons. The van der Waals surface area contributed by atoms with Crippen molar-refractivity contribution in [2.75, 3.05) is 0 Å². The highest BCUT2D eigenvalue weighted by atomic mass is 35.5. The number of halogens is 2. The SMILES string of the molecule is Cl.Cl.NC(N)=Nc1ccncc1. The third-order valence-corrected chi connectivity index (χ3v) is 0.921. The van der Waals surface area contributed by atoms with Gasteiger partial charge in [-0.3, -0.25) is 4.98 Å². The normalized spacial score (nSPS) is 7.33. The van der Waals surface area contributed by atoms with Gasteiger partial charge in [-0.15, -0.1) is 24.8 Å². The summed E-state index contributed by atoms with van der Waals surface area (Å²) in [5.74, 6) is 0.0613. The molecule has 68 valence electrons. The first-order valence-electron chi connectivity index (χ1n) is 2.78. The summed E-state index contributed by atoms with van der Waals surface area (Å²) < 4.78 is 0. The smallest absolute Gasteiger partial charge is 0.191 e. The van der Waals surface area contributed by atoms with Gasteiger partial charge in [-0.25, -0.2) is 4.99 Å². The Morgan fingerprint density at radius 2 is 1.67 bits per heavy atom. The van der Waals surface area contributed by atoms with E-state index in [9.17, 15) is 0 Å². The Labute approximate surface area is 82.9 Å². The molecule has 0 aromatic carbocycles. The Bertz CT molecular complexity index is 233. The van der Waals surface area contributed by atoms with E-state index in [1.807, 2.05) is 0 Å². The zero-order valence-corrected chi connectivity index (χ0v) is 7.81. The number of nitrogens with two attached hydrogens (primary N) is 2. The molecule has 0 saturated carbocycles. The predicted octanol–water partition coefficient (Wildman–Crippen LogP) is 0.830. The number of aliphatic imine (C=N–C) groups is 1. The first-order chi connectivity index (χ1) is 4.79. The van der Waals surface area contributed by atoms with Crippen LogP contribution in [-0.2, 0) is 0 Å². The van der Waals surface area contributed by atoms with Crippen molar-refractivity contribution in [2.45, 2.75) is 0 Å². The molecule has 12 heavy (non-hydrogen) atoms. The second kappa shape index (κ2) is 6.69. The third kappa shape index (κ3) is 4.76. The van der Waals surface area contributed by atoms with Crippen LogP contribution in [-0.4, -0.2) is 10.9 Å². The average Bonchev–Trinajstić information content (AvgIpc) is 1.88. The molecule has 0 atom stereocenters. The van der Waals surface area contributed by atoms with Gasteiger partial charge in [0.15, 0.2) is 5.96 Å². The molecule has 0 unspecified atom stereocenters. The molecule has 0 saturated heterocycles. The monoisotopic (exact) mass is 208 g/mol. The predicted molar refractivity (Wildman–Crippen MR) is 54.2 cm³/mol. The molecular formula is C6H10Cl2N4. The van der Waals surface area contributed by atoms with Gasteiger partial charge in [0.2, 0.25) is 0 Å². The Balaban J connectivity index is 0. The minimum atomic E-state index is 0. The summed E-state index contributed by atoms with van der Waals surface area (Å²) in [5.41, 5.74) is 11.0. The molecule has 1 aromatic heterocycles. The molecule has 0 aliphatic heterocycles. The molecule has 0 aliphatic rings. The zero-order chi connectivity index (χ0) is 7.40. The molecule has 6 heteroatoms. The van der Waals surface area contributed by atoms with Crippen molar-refractivity contribution in [3.05, 3.63) is 24.5 Å². The fraction of sp³-hybridized carbons (Fsp3) is 0. The van der Waals surface area contributed by atoms with E-state index < -0.39 is 0 Å². The van der Waals surface area contributed by atoms with Crippen molar-refractivity contribution in [3.8, 4) is 0 Å². The van der Waals surface area contributed by atoms with E-state index in [-0.39, 0.29) is 30.8 Å². The summed E-state index contributed by atoms with van der Waals surface area (Å²) in [6.07, 6.45) is 3.25. The Morgan fingerprint density at radius 3 is 2.08 bits per heavy atom. The zero-order valence-electron chi connectivity index (χ0n) is 6.18. The minimum absolute atomic E-state index is 0. The Kier molecular flexibility index (Phi) is 7.58. The summed E-state index contributed by atoms with van der Waals surface area (Å²) in [6.45, 7) is 0. The topological polar surface area (TPSA) is 77.3 Å². The maximum absolute atomic E-state index is 5.13. The maximum Gasteiger partial charge on any atom is 0.191 e. The highest BCUT2D eigenvalue weighted by molar-refractivity contribution is 5.85. The lowest BCUT2D eigenvalue weighted by molar-refractivity contribution is 1.30. The highest BCUT2D eigenvalue weighted by Gasteiger charge is 1.84. The molecule has 4 nitrogen and oxygen atoms in total. The van der Waals surface area contributed by atoms with E-state index in [2.05, 4.69) is 9.98 Å². The molecule has 0 spiro atoms. The van der Waals surface area contributed by atoms with Gasteiger partial charge in [-0.05, 0) is 12.1 Å². The lowest BCUT2D eigenvalue weighted by atomic mass is 10.4. The van der Waals surface area contributed by atoms with Gasteiger partial charge in [0.25, 0.3) is 0 Å². The van der Waals surface area contributed by atoms with Crippen LogP contribution >= 0.6 is 24.8 Å². The van der Waals surface area contributed by atoms with Crippen LogP contribution in [0.5, 0.6) is 0 Å². The van der Waals surface area contributed by atoms with Gasteiger partial charge in [-0.2, -0.15) is 0 Å².